The summed E-state index contributed by atoms with van der Waals surface area (Å²) in [4.78, 5) is 24.6. The first-order valence-corrected chi connectivity index (χ1v) is 6.82. The summed E-state index contributed by atoms with van der Waals surface area (Å²) in [6.45, 7) is 4.73. The van der Waals surface area contributed by atoms with Crippen LogP contribution in [0.3, 0.4) is 0 Å². The minimum absolute atomic E-state index is 0.0914. The van der Waals surface area contributed by atoms with Gasteiger partial charge in [-0.25, -0.2) is 4.79 Å². The number of carboxylic acids is 1. The summed E-state index contributed by atoms with van der Waals surface area (Å²) in [6, 6.07) is 7.70. The Bertz CT molecular complexity index is 516. The topological polar surface area (TPSA) is 69.6 Å². The summed E-state index contributed by atoms with van der Waals surface area (Å²) in [5.74, 6) is -1.26. The Morgan fingerprint density at radius 3 is 2.80 bits per heavy atom. The molecule has 0 spiro atoms. The maximum absolute atomic E-state index is 12.1. The Kier molecular flexibility index (Phi) is 4.27. The lowest BCUT2D eigenvalue weighted by atomic mass is 10.1. The predicted octanol–water partition coefficient (Wildman–Crippen LogP) is 2.17. The van der Waals surface area contributed by atoms with E-state index < -0.39 is 11.9 Å². The zero-order chi connectivity index (χ0) is 14.7. The molecule has 1 aromatic rings. The molecule has 5 nitrogen and oxygen atoms in total. The maximum Gasteiger partial charge on any atom is 0.317 e. The van der Waals surface area contributed by atoms with Crippen molar-refractivity contribution in [1.82, 2.24) is 10.2 Å². The van der Waals surface area contributed by atoms with E-state index in [2.05, 4.69) is 5.32 Å². The van der Waals surface area contributed by atoms with E-state index in [1.807, 2.05) is 38.1 Å². The molecule has 1 saturated heterocycles. The monoisotopic (exact) mass is 276 g/mol. The Labute approximate surface area is 118 Å². The lowest BCUT2D eigenvalue weighted by Gasteiger charge is -2.21. The van der Waals surface area contributed by atoms with E-state index in [9.17, 15) is 9.59 Å². The Balaban J connectivity index is 1.93. The first-order chi connectivity index (χ1) is 9.47. The summed E-state index contributed by atoms with van der Waals surface area (Å²) < 4.78 is 0. The van der Waals surface area contributed by atoms with Crippen molar-refractivity contribution in [2.45, 2.75) is 26.3 Å². The second-order valence-electron chi connectivity index (χ2n) is 5.36. The van der Waals surface area contributed by atoms with Crippen LogP contribution in [-0.2, 0) is 4.79 Å². The number of rotatable bonds is 3. The van der Waals surface area contributed by atoms with Crippen LogP contribution in [0.2, 0.25) is 0 Å². The molecule has 2 atom stereocenters. The van der Waals surface area contributed by atoms with Crippen molar-refractivity contribution < 1.29 is 14.7 Å². The molecular formula is C15H20N2O3. The van der Waals surface area contributed by atoms with Crippen molar-refractivity contribution in [3.8, 4) is 0 Å². The van der Waals surface area contributed by atoms with Crippen molar-refractivity contribution in [2.24, 2.45) is 5.92 Å². The largest absolute Gasteiger partial charge is 0.481 e. The average molecular weight is 276 g/mol. The van der Waals surface area contributed by atoms with E-state index in [1.165, 1.54) is 0 Å². The van der Waals surface area contributed by atoms with Gasteiger partial charge in [-0.1, -0.05) is 29.8 Å². The number of carbonyl (C=O) groups is 2. The van der Waals surface area contributed by atoms with Gasteiger partial charge in [0, 0.05) is 13.1 Å². The Morgan fingerprint density at radius 1 is 1.45 bits per heavy atom. The maximum atomic E-state index is 12.1. The number of benzene rings is 1. The van der Waals surface area contributed by atoms with Gasteiger partial charge in [-0.15, -0.1) is 0 Å². The number of likely N-dealkylation sites (tertiary alicyclic amines) is 1. The Hall–Kier alpha value is -2.04. The van der Waals surface area contributed by atoms with Gasteiger partial charge in [0.15, 0.2) is 0 Å². The van der Waals surface area contributed by atoms with Crippen LogP contribution in [-0.4, -0.2) is 35.1 Å². The summed E-state index contributed by atoms with van der Waals surface area (Å²) in [7, 11) is 0. The Morgan fingerprint density at radius 2 is 2.20 bits per heavy atom. The van der Waals surface area contributed by atoms with Crippen LogP contribution in [0.5, 0.6) is 0 Å². The second kappa shape index (κ2) is 5.94. The molecule has 0 bridgehead atoms. The summed E-state index contributed by atoms with van der Waals surface area (Å²) in [5, 5.41) is 11.9. The van der Waals surface area contributed by atoms with Gasteiger partial charge in [0.05, 0.1) is 12.0 Å². The lowest BCUT2D eigenvalue weighted by molar-refractivity contribution is -0.141. The molecule has 0 saturated carbocycles. The fourth-order valence-corrected chi connectivity index (χ4v) is 2.45. The van der Waals surface area contributed by atoms with E-state index in [0.29, 0.717) is 19.5 Å². The molecule has 0 aliphatic carbocycles. The first-order valence-electron chi connectivity index (χ1n) is 6.82. The molecule has 0 radical (unpaired) electrons. The summed E-state index contributed by atoms with van der Waals surface area (Å²) in [6.07, 6.45) is 0.529. The number of amides is 2. The van der Waals surface area contributed by atoms with E-state index in [4.69, 9.17) is 5.11 Å². The number of hydrogen-bond donors (Lipinski definition) is 2. The number of nitrogens with zero attached hydrogens (tertiary/aromatic N) is 1. The van der Waals surface area contributed by atoms with Gasteiger partial charge in [0.2, 0.25) is 0 Å². The van der Waals surface area contributed by atoms with E-state index in [0.717, 1.165) is 11.1 Å². The number of aliphatic carboxylic acids is 1. The first kappa shape index (κ1) is 14.4. The normalized spacial score (nSPS) is 19.7. The van der Waals surface area contributed by atoms with Crippen molar-refractivity contribution in [2.75, 3.05) is 13.1 Å². The van der Waals surface area contributed by atoms with Crippen LogP contribution >= 0.6 is 0 Å². The average Bonchev–Trinajstić information content (AvgIpc) is 2.88. The van der Waals surface area contributed by atoms with Gasteiger partial charge < -0.3 is 15.3 Å². The van der Waals surface area contributed by atoms with Crippen molar-refractivity contribution in [3.63, 3.8) is 0 Å². The molecule has 2 N–H and O–H groups in total. The number of carboxylic acid groups (broad SMARTS) is 1. The van der Waals surface area contributed by atoms with Crippen LogP contribution < -0.4 is 5.32 Å². The lowest BCUT2D eigenvalue weighted by Crippen LogP contribution is -2.40. The number of hydrogen-bond acceptors (Lipinski definition) is 2. The number of nitrogens with one attached hydrogen (secondary N) is 1. The van der Waals surface area contributed by atoms with Crippen molar-refractivity contribution in [3.05, 3.63) is 35.4 Å². The van der Waals surface area contributed by atoms with Gasteiger partial charge in [0.25, 0.3) is 0 Å². The third kappa shape index (κ3) is 3.29. The molecule has 108 valence electrons. The molecule has 1 aliphatic rings. The van der Waals surface area contributed by atoms with Crippen LogP contribution in [0.1, 0.15) is 30.5 Å². The van der Waals surface area contributed by atoms with Crippen LogP contribution in [0, 0.1) is 12.8 Å². The SMILES string of the molecule is Cc1cccc(C(C)NC(=O)N2CCC(C(=O)O)C2)c1. The van der Waals surface area contributed by atoms with Gasteiger partial charge in [-0.3, -0.25) is 4.79 Å². The third-order valence-electron chi connectivity index (χ3n) is 3.71. The molecule has 2 amide bonds. The molecule has 20 heavy (non-hydrogen) atoms. The molecular weight excluding hydrogens is 256 g/mol. The molecule has 5 heteroatoms. The highest BCUT2D eigenvalue weighted by Gasteiger charge is 2.31. The van der Waals surface area contributed by atoms with Gasteiger partial charge in [0.1, 0.15) is 0 Å². The van der Waals surface area contributed by atoms with Crippen LogP contribution in [0.4, 0.5) is 4.79 Å². The fourth-order valence-electron chi connectivity index (χ4n) is 2.45. The van der Waals surface area contributed by atoms with Crippen molar-refractivity contribution >= 4 is 12.0 Å². The zero-order valence-electron chi connectivity index (χ0n) is 11.8. The molecule has 2 unspecified atom stereocenters. The van der Waals surface area contributed by atoms with Crippen LogP contribution in [0.15, 0.2) is 24.3 Å². The third-order valence-corrected chi connectivity index (χ3v) is 3.71. The summed E-state index contributed by atoms with van der Waals surface area (Å²) in [5.41, 5.74) is 2.20. The quantitative estimate of drug-likeness (QED) is 0.889. The standard InChI is InChI=1S/C15H20N2O3/c1-10-4-3-5-12(8-10)11(2)16-15(20)17-7-6-13(9-17)14(18)19/h3-5,8,11,13H,6-7,9H2,1-2H3,(H,16,20)(H,18,19). The highest BCUT2D eigenvalue weighted by atomic mass is 16.4. The minimum Gasteiger partial charge on any atom is -0.481 e. The van der Waals surface area contributed by atoms with E-state index in [1.54, 1.807) is 4.90 Å². The molecule has 1 aliphatic heterocycles. The molecule has 0 aromatic heterocycles. The molecule has 2 rings (SSSR count). The highest BCUT2D eigenvalue weighted by Crippen LogP contribution is 2.18. The second-order valence-corrected chi connectivity index (χ2v) is 5.36. The predicted molar refractivity (Wildman–Crippen MR) is 75.4 cm³/mol. The van der Waals surface area contributed by atoms with E-state index in [-0.39, 0.29) is 12.1 Å². The van der Waals surface area contributed by atoms with Gasteiger partial charge in [-0.05, 0) is 25.8 Å². The molecule has 1 heterocycles. The fraction of sp³-hybridized carbons (Fsp3) is 0.467. The highest BCUT2D eigenvalue weighted by molar-refractivity contribution is 5.77. The number of aryl methyl sites for hydroxylation is 1. The van der Waals surface area contributed by atoms with E-state index >= 15 is 0 Å². The number of urea groups is 1. The van der Waals surface area contributed by atoms with Crippen LogP contribution in [0.25, 0.3) is 0 Å². The van der Waals surface area contributed by atoms with Crippen molar-refractivity contribution in [1.29, 1.82) is 0 Å². The number of carbonyl (C=O) groups excluding carboxylic acids is 1. The van der Waals surface area contributed by atoms with Gasteiger partial charge >= 0.3 is 12.0 Å². The molecule has 1 fully saturated rings. The summed E-state index contributed by atoms with van der Waals surface area (Å²) >= 11 is 0. The molecule has 1 aromatic carbocycles. The zero-order valence-corrected chi connectivity index (χ0v) is 11.8. The smallest absolute Gasteiger partial charge is 0.317 e. The van der Waals surface area contributed by atoms with Gasteiger partial charge in [-0.2, -0.15) is 0 Å². The minimum atomic E-state index is -0.827.